The van der Waals surface area contributed by atoms with Crippen molar-refractivity contribution in [2.24, 2.45) is 0 Å². The highest BCUT2D eigenvalue weighted by atomic mass is 32.1. The van der Waals surface area contributed by atoms with Crippen molar-refractivity contribution >= 4 is 16.7 Å². The second-order valence-electron chi connectivity index (χ2n) is 5.93. The molecule has 1 aromatic carbocycles. The van der Waals surface area contributed by atoms with E-state index >= 15 is 0 Å². The number of nitrogens with zero attached hydrogens (tertiary/aromatic N) is 4. The molecule has 0 saturated carbocycles. The maximum Gasteiger partial charge on any atom is 0.205 e. The molecule has 4 rings (SSSR count). The summed E-state index contributed by atoms with van der Waals surface area (Å²) in [4.78, 5) is 9.47. The van der Waals surface area contributed by atoms with Crippen LogP contribution in [0.3, 0.4) is 0 Å². The van der Waals surface area contributed by atoms with Crippen LogP contribution in [0.1, 0.15) is 17.4 Å². The molecule has 0 aliphatic carbocycles. The zero-order valence-electron chi connectivity index (χ0n) is 12.7. The fourth-order valence-electron chi connectivity index (χ4n) is 3.39. The van der Waals surface area contributed by atoms with Crippen molar-refractivity contribution in [2.45, 2.75) is 19.0 Å². The molecule has 2 fully saturated rings. The smallest absolute Gasteiger partial charge is 0.205 e. The van der Waals surface area contributed by atoms with Crippen LogP contribution >= 0.6 is 11.5 Å². The van der Waals surface area contributed by atoms with Gasteiger partial charge in [0.25, 0.3) is 0 Å². The predicted octanol–water partition coefficient (Wildman–Crippen LogP) is 2.11. The first-order valence-corrected chi connectivity index (χ1v) is 8.52. The largest absolute Gasteiger partial charge is 0.378 e. The lowest BCUT2D eigenvalue weighted by atomic mass is 10.0. The van der Waals surface area contributed by atoms with Crippen LogP contribution in [0, 0.1) is 6.92 Å². The molecule has 0 spiro atoms. The molecule has 0 radical (unpaired) electrons. The lowest BCUT2D eigenvalue weighted by Gasteiger charge is -2.48. The number of benzene rings is 1. The normalized spacial score (nSPS) is 26.0. The Kier molecular flexibility index (Phi) is 3.82. The Morgan fingerprint density at radius 2 is 2.05 bits per heavy atom. The Bertz CT molecular complexity index is 632. The van der Waals surface area contributed by atoms with E-state index < -0.39 is 0 Å². The van der Waals surface area contributed by atoms with E-state index in [9.17, 15) is 0 Å². The number of aryl methyl sites for hydroxylation is 1. The van der Waals surface area contributed by atoms with Crippen molar-refractivity contribution in [1.29, 1.82) is 0 Å². The molecule has 2 saturated heterocycles. The fraction of sp³-hybridized carbons (Fsp3) is 0.500. The first-order chi connectivity index (χ1) is 10.8. The molecule has 2 atom stereocenters. The first kappa shape index (κ1) is 14.1. The average molecular weight is 316 g/mol. The topological polar surface area (TPSA) is 41.5 Å². The number of hydrogen-bond donors (Lipinski definition) is 0. The van der Waals surface area contributed by atoms with Crippen LogP contribution in [-0.2, 0) is 4.74 Å². The molecular formula is C16H20N4OS. The molecule has 0 amide bonds. The molecular weight excluding hydrogens is 296 g/mol. The van der Waals surface area contributed by atoms with Gasteiger partial charge in [0.1, 0.15) is 5.82 Å². The van der Waals surface area contributed by atoms with Crippen molar-refractivity contribution in [1.82, 2.24) is 14.3 Å². The fourth-order valence-corrected chi connectivity index (χ4v) is 4.10. The summed E-state index contributed by atoms with van der Waals surface area (Å²) in [5.41, 5.74) is 1.35. The lowest BCUT2D eigenvalue weighted by Crippen LogP contribution is -2.59. The molecule has 5 nitrogen and oxygen atoms in total. The second-order valence-corrected chi connectivity index (χ2v) is 6.66. The number of piperazine rings is 1. The van der Waals surface area contributed by atoms with Crippen LogP contribution in [0.15, 0.2) is 30.3 Å². The monoisotopic (exact) mass is 316 g/mol. The van der Waals surface area contributed by atoms with Gasteiger partial charge < -0.3 is 9.64 Å². The van der Waals surface area contributed by atoms with E-state index in [1.165, 1.54) is 17.1 Å². The van der Waals surface area contributed by atoms with Gasteiger partial charge >= 0.3 is 0 Å². The maximum atomic E-state index is 5.89. The number of rotatable bonds is 2. The van der Waals surface area contributed by atoms with Crippen molar-refractivity contribution in [3.05, 3.63) is 41.7 Å². The van der Waals surface area contributed by atoms with Gasteiger partial charge in [0, 0.05) is 31.2 Å². The summed E-state index contributed by atoms with van der Waals surface area (Å²) >= 11 is 1.50. The minimum Gasteiger partial charge on any atom is -0.378 e. The number of anilines is 1. The Labute approximate surface area is 134 Å². The Morgan fingerprint density at radius 1 is 1.18 bits per heavy atom. The van der Waals surface area contributed by atoms with Crippen LogP contribution in [0.2, 0.25) is 0 Å². The average Bonchev–Trinajstić information content (AvgIpc) is 3.01. The van der Waals surface area contributed by atoms with E-state index in [-0.39, 0.29) is 0 Å². The zero-order chi connectivity index (χ0) is 14.9. The van der Waals surface area contributed by atoms with E-state index in [1.807, 2.05) is 6.92 Å². The molecule has 2 aromatic rings. The Morgan fingerprint density at radius 3 is 2.82 bits per heavy atom. The number of fused-ring (bicyclic) bond motifs is 1. The maximum absolute atomic E-state index is 5.89. The summed E-state index contributed by atoms with van der Waals surface area (Å²) in [5.74, 6) is 0.865. The van der Waals surface area contributed by atoms with Gasteiger partial charge in [-0.1, -0.05) is 30.3 Å². The summed E-state index contributed by atoms with van der Waals surface area (Å²) in [6.45, 7) is 6.57. The third kappa shape index (κ3) is 2.62. The van der Waals surface area contributed by atoms with Gasteiger partial charge in [-0.2, -0.15) is 4.37 Å². The van der Waals surface area contributed by atoms with Gasteiger partial charge in [-0.3, -0.25) is 4.90 Å². The number of morpholine rings is 1. The molecule has 0 bridgehead atoms. The van der Waals surface area contributed by atoms with E-state index in [1.54, 1.807) is 0 Å². The molecule has 22 heavy (non-hydrogen) atoms. The van der Waals surface area contributed by atoms with Crippen molar-refractivity contribution in [3.63, 3.8) is 0 Å². The van der Waals surface area contributed by atoms with Gasteiger partial charge in [-0.05, 0) is 12.5 Å². The third-order valence-corrected chi connectivity index (χ3v) is 5.35. The highest BCUT2D eigenvalue weighted by Crippen LogP contribution is 2.31. The van der Waals surface area contributed by atoms with Crippen molar-refractivity contribution in [3.8, 4) is 0 Å². The molecule has 6 heteroatoms. The summed E-state index contributed by atoms with van der Waals surface area (Å²) in [5, 5.41) is 1.04. The number of hydrogen-bond acceptors (Lipinski definition) is 6. The van der Waals surface area contributed by atoms with E-state index in [4.69, 9.17) is 4.74 Å². The molecule has 2 aliphatic rings. The van der Waals surface area contributed by atoms with Gasteiger partial charge in [0.15, 0.2) is 0 Å². The van der Waals surface area contributed by atoms with Crippen LogP contribution in [-0.4, -0.2) is 53.1 Å². The van der Waals surface area contributed by atoms with Crippen LogP contribution in [0.25, 0.3) is 0 Å². The third-order valence-electron chi connectivity index (χ3n) is 4.49. The molecule has 0 unspecified atom stereocenters. The van der Waals surface area contributed by atoms with E-state index in [0.717, 1.165) is 43.8 Å². The first-order valence-electron chi connectivity index (χ1n) is 7.75. The number of ether oxygens (including phenoxy) is 1. The summed E-state index contributed by atoms with van der Waals surface area (Å²) in [6.07, 6.45) is 0. The van der Waals surface area contributed by atoms with Gasteiger partial charge in [-0.15, -0.1) is 0 Å². The number of aromatic nitrogens is 2. The van der Waals surface area contributed by atoms with Gasteiger partial charge in [0.2, 0.25) is 5.13 Å². The SMILES string of the molecule is Cc1nsc(N2CCN3[C@@H](COC[C@@H]3c3ccccc3)C2)n1. The van der Waals surface area contributed by atoms with E-state index in [0.29, 0.717) is 12.1 Å². The van der Waals surface area contributed by atoms with Crippen LogP contribution in [0.4, 0.5) is 5.13 Å². The zero-order valence-corrected chi connectivity index (χ0v) is 13.5. The van der Waals surface area contributed by atoms with Crippen LogP contribution in [0.5, 0.6) is 0 Å². The highest BCUT2D eigenvalue weighted by Gasteiger charge is 2.36. The Balaban J connectivity index is 1.52. The standard InChI is InChI=1S/C16H20N4OS/c1-12-17-16(22-18-12)19-7-8-20-14(9-19)10-21-11-15(20)13-5-3-2-4-6-13/h2-6,14-15H,7-11H2,1H3/t14-,15-/m1/s1. The highest BCUT2D eigenvalue weighted by molar-refractivity contribution is 7.09. The van der Waals surface area contributed by atoms with Crippen LogP contribution < -0.4 is 4.90 Å². The summed E-state index contributed by atoms with van der Waals surface area (Å²) in [6, 6.07) is 11.5. The van der Waals surface area contributed by atoms with Crippen molar-refractivity contribution in [2.75, 3.05) is 37.7 Å². The summed E-state index contributed by atoms with van der Waals surface area (Å²) < 4.78 is 10.2. The molecule has 3 heterocycles. The quantitative estimate of drug-likeness (QED) is 0.849. The lowest BCUT2D eigenvalue weighted by molar-refractivity contribution is -0.0547. The molecule has 2 aliphatic heterocycles. The van der Waals surface area contributed by atoms with Gasteiger partial charge in [-0.25, -0.2) is 4.98 Å². The molecule has 116 valence electrons. The second kappa shape index (κ2) is 5.95. The molecule has 1 aromatic heterocycles. The minimum absolute atomic E-state index is 0.373. The Hall–Kier alpha value is -1.50. The van der Waals surface area contributed by atoms with Gasteiger partial charge in [0.05, 0.1) is 25.3 Å². The molecule has 0 N–H and O–H groups in total. The van der Waals surface area contributed by atoms with E-state index in [2.05, 4.69) is 49.5 Å². The minimum atomic E-state index is 0.373. The summed E-state index contributed by atoms with van der Waals surface area (Å²) in [7, 11) is 0. The predicted molar refractivity (Wildman–Crippen MR) is 87.4 cm³/mol. The van der Waals surface area contributed by atoms with Crippen molar-refractivity contribution < 1.29 is 4.74 Å².